The Morgan fingerprint density at radius 3 is 2.60 bits per heavy atom. The first kappa shape index (κ1) is 12.7. The minimum Gasteiger partial charge on any atom is -0.381 e. The molecule has 1 atom stereocenters. The molecule has 0 amide bonds. The Hall–Kier alpha value is -0.390. The molecule has 1 rings (SSSR count). The van der Waals surface area contributed by atoms with Crippen molar-refractivity contribution in [3.8, 4) is 0 Å². The summed E-state index contributed by atoms with van der Waals surface area (Å²) in [6, 6.07) is 0. The number of halogens is 1. The Kier molecular flexibility index (Phi) is 3.92. The Balaban J connectivity index is 3.20. The van der Waals surface area contributed by atoms with Crippen molar-refractivity contribution < 1.29 is 9.84 Å². The van der Waals surface area contributed by atoms with Gasteiger partial charge in [0.2, 0.25) is 0 Å². The zero-order chi connectivity index (χ0) is 11.6. The summed E-state index contributed by atoms with van der Waals surface area (Å²) in [6.07, 6.45) is 1.68. The lowest BCUT2D eigenvalue weighted by molar-refractivity contribution is -0.0760. The molecule has 1 N–H and O–H groups in total. The van der Waals surface area contributed by atoms with Crippen LogP contribution >= 0.6 is 15.9 Å². The largest absolute Gasteiger partial charge is 0.381 e. The van der Waals surface area contributed by atoms with E-state index in [1.54, 1.807) is 18.0 Å². The maximum atomic E-state index is 10.6. The van der Waals surface area contributed by atoms with Crippen molar-refractivity contribution in [2.24, 2.45) is 13.0 Å². The van der Waals surface area contributed by atoms with Crippen LogP contribution in [0.15, 0.2) is 10.7 Å². The van der Waals surface area contributed by atoms with Crippen LogP contribution in [0, 0.1) is 5.92 Å². The second-order valence-corrected chi connectivity index (χ2v) is 4.83. The predicted octanol–water partition coefficient (Wildman–Crippen LogP) is 1.67. The van der Waals surface area contributed by atoms with Crippen LogP contribution in [0.4, 0.5) is 0 Å². The molecule has 0 saturated carbocycles. The van der Waals surface area contributed by atoms with Gasteiger partial charge in [0.15, 0.2) is 0 Å². The Labute approximate surface area is 98.4 Å². The van der Waals surface area contributed by atoms with Crippen LogP contribution in [0.5, 0.6) is 0 Å². The van der Waals surface area contributed by atoms with Crippen molar-refractivity contribution in [1.82, 2.24) is 9.78 Å². The second-order valence-electron chi connectivity index (χ2n) is 3.98. The molecule has 0 radical (unpaired) electrons. The molecule has 0 spiro atoms. The quantitative estimate of drug-likeness (QED) is 0.910. The summed E-state index contributed by atoms with van der Waals surface area (Å²) in [5, 5.41) is 14.7. The number of aliphatic hydroxyl groups is 1. The maximum Gasteiger partial charge on any atom is 0.133 e. The molecule has 86 valence electrons. The van der Waals surface area contributed by atoms with E-state index in [1.807, 2.05) is 20.9 Å². The fourth-order valence-electron chi connectivity index (χ4n) is 1.63. The SMILES string of the molecule is COCC(O)(c1c(Br)cnn1C)C(C)C. The minimum atomic E-state index is -1.02. The fraction of sp³-hybridized carbons (Fsp3) is 0.700. The summed E-state index contributed by atoms with van der Waals surface area (Å²) in [6.45, 7) is 4.17. The van der Waals surface area contributed by atoms with Crippen LogP contribution in [-0.2, 0) is 17.4 Å². The molecule has 5 heteroatoms. The van der Waals surface area contributed by atoms with Crippen LogP contribution in [0.2, 0.25) is 0 Å². The lowest BCUT2D eigenvalue weighted by Gasteiger charge is -2.31. The smallest absolute Gasteiger partial charge is 0.133 e. The molecular formula is C10H17BrN2O2. The van der Waals surface area contributed by atoms with Gasteiger partial charge in [-0.05, 0) is 21.8 Å². The monoisotopic (exact) mass is 276 g/mol. The first-order chi connectivity index (χ1) is 6.93. The third kappa shape index (κ3) is 2.24. The zero-order valence-electron chi connectivity index (χ0n) is 9.49. The normalized spacial score (nSPS) is 15.7. The number of hydrogen-bond donors (Lipinski definition) is 1. The second kappa shape index (κ2) is 4.63. The van der Waals surface area contributed by atoms with Crippen molar-refractivity contribution >= 4 is 15.9 Å². The molecule has 15 heavy (non-hydrogen) atoms. The van der Waals surface area contributed by atoms with E-state index in [1.165, 1.54) is 0 Å². The highest BCUT2D eigenvalue weighted by molar-refractivity contribution is 9.10. The van der Waals surface area contributed by atoms with E-state index >= 15 is 0 Å². The van der Waals surface area contributed by atoms with Crippen molar-refractivity contribution in [2.45, 2.75) is 19.4 Å². The number of aromatic nitrogens is 2. The van der Waals surface area contributed by atoms with Gasteiger partial charge in [0.25, 0.3) is 0 Å². The lowest BCUT2D eigenvalue weighted by atomic mass is 9.88. The lowest BCUT2D eigenvalue weighted by Crippen LogP contribution is -2.39. The summed E-state index contributed by atoms with van der Waals surface area (Å²) in [5.74, 6) is 0.0455. The van der Waals surface area contributed by atoms with Gasteiger partial charge in [-0.15, -0.1) is 0 Å². The van der Waals surface area contributed by atoms with Crippen LogP contribution in [0.3, 0.4) is 0 Å². The van der Waals surface area contributed by atoms with Crippen LogP contribution in [0.1, 0.15) is 19.5 Å². The van der Waals surface area contributed by atoms with Crippen molar-refractivity contribution in [1.29, 1.82) is 0 Å². The van der Waals surface area contributed by atoms with Crippen LogP contribution in [0.25, 0.3) is 0 Å². The van der Waals surface area contributed by atoms with Gasteiger partial charge in [0.05, 0.1) is 23.0 Å². The highest BCUT2D eigenvalue weighted by atomic mass is 79.9. The zero-order valence-corrected chi connectivity index (χ0v) is 11.1. The van der Waals surface area contributed by atoms with E-state index in [-0.39, 0.29) is 12.5 Å². The summed E-state index contributed by atoms with van der Waals surface area (Å²) >= 11 is 3.39. The molecule has 1 heterocycles. The van der Waals surface area contributed by atoms with E-state index in [2.05, 4.69) is 21.0 Å². The van der Waals surface area contributed by atoms with Crippen molar-refractivity contribution in [3.63, 3.8) is 0 Å². The molecule has 0 aliphatic carbocycles. The molecule has 1 aromatic heterocycles. The fourth-order valence-corrected chi connectivity index (χ4v) is 2.32. The van der Waals surface area contributed by atoms with Gasteiger partial charge in [0.1, 0.15) is 5.60 Å². The van der Waals surface area contributed by atoms with Crippen molar-refractivity contribution in [2.75, 3.05) is 13.7 Å². The van der Waals surface area contributed by atoms with E-state index in [0.29, 0.717) is 0 Å². The van der Waals surface area contributed by atoms with Crippen LogP contribution in [-0.4, -0.2) is 28.6 Å². The number of hydrogen-bond acceptors (Lipinski definition) is 3. The van der Waals surface area contributed by atoms with Crippen LogP contribution < -0.4 is 0 Å². The average Bonchev–Trinajstić information content (AvgIpc) is 2.46. The molecule has 0 aliphatic heterocycles. The molecule has 0 bridgehead atoms. The molecular weight excluding hydrogens is 260 g/mol. The van der Waals surface area contributed by atoms with E-state index < -0.39 is 5.60 Å². The topological polar surface area (TPSA) is 47.3 Å². The van der Waals surface area contributed by atoms with E-state index in [9.17, 15) is 5.11 Å². The van der Waals surface area contributed by atoms with Gasteiger partial charge in [-0.1, -0.05) is 13.8 Å². The number of aryl methyl sites for hydroxylation is 1. The van der Waals surface area contributed by atoms with Gasteiger partial charge < -0.3 is 9.84 Å². The maximum absolute atomic E-state index is 10.6. The van der Waals surface area contributed by atoms with E-state index in [0.717, 1.165) is 10.2 Å². The molecule has 4 nitrogen and oxygen atoms in total. The first-order valence-corrected chi connectivity index (χ1v) is 5.62. The molecule has 0 saturated heterocycles. The molecule has 1 unspecified atom stereocenters. The Bertz CT molecular complexity index is 319. The molecule has 0 aromatic carbocycles. The minimum absolute atomic E-state index is 0.0455. The molecule has 0 aliphatic rings. The summed E-state index contributed by atoms with van der Waals surface area (Å²) < 4.78 is 7.56. The number of methoxy groups -OCH3 is 1. The van der Waals surface area contributed by atoms with Gasteiger partial charge in [0, 0.05) is 14.2 Å². The summed E-state index contributed by atoms with van der Waals surface area (Å²) in [4.78, 5) is 0. The highest BCUT2D eigenvalue weighted by Gasteiger charge is 2.37. The van der Waals surface area contributed by atoms with E-state index in [4.69, 9.17) is 4.74 Å². The standard InChI is InChI=1S/C10H17BrN2O2/c1-7(2)10(14,6-15-4)9-8(11)5-12-13(9)3/h5,7,14H,6H2,1-4H3. The van der Waals surface area contributed by atoms with Gasteiger partial charge in [-0.25, -0.2) is 0 Å². The third-order valence-electron chi connectivity index (χ3n) is 2.62. The number of ether oxygens (including phenoxy) is 1. The average molecular weight is 277 g/mol. The Morgan fingerprint density at radius 2 is 2.27 bits per heavy atom. The predicted molar refractivity (Wildman–Crippen MR) is 61.5 cm³/mol. The molecule has 0 fully saturated rings. The van der Waals surface area contributed by atoms with Gasteiger partial charge in [-0.2, -0.15) is 5.10 Å². The third-order valence-corrected chi connectivity index (χ3v) is 3.20. The first-order valence-electron chi connectivity index (χ1n) is 4.82. The number of nitrogens with zero attached hydrogens (tertiary/aromatic N) is 2. The molecule has 1 aromatic rings. The summed E-state index contributed by atoms with van der Waals surface area (Å²) in [7, 11) is 3.39. The van der Waals surface area contributed by atoms with Crippen molar-refractivity contribution in [3.05, 3.63) is 16.4 Å². The Morgan fingerprint density at radius 1 is 1.67 bits per heavy atom. The van der Waals surface area contributed by atoms with Gasteiger partial charge in [-0.3, -0.25) is 4.68 Å². The highest BCUT2D eigenvalue weighted by Crippen LogP contribution is 2.34. The number of rotatable bonds is 4. The van der Waals surface area contributed by atoms with Gasteiger partial charge >= 0.3 is 0 Å². The summed E-state index contributed by atoms with van der Waals surface area (Å²) in [5.41, 5.74) is -0.266.